The summed E-state index contributed by atoms with van der Waals surface area (Å²) in [6.45, 7) is 8.06. The third kappa shape index (κ3) is 4.32. The van der Waals surface area contributed by atoms with Crippen LogP contribution in [0.1, 0.15) is 29.2 Å². The fraction of sp³-hybridized carbons (Fsp3) is 0.333. The molecule has 0 aliphatic carbocycles. The van der Waals surface area contributed by atoms with Gasteiger partial charge in [0.1, 0.15) is 12.4 Å². The maximum atomic E-state index is 6.02. The van der Waals surface area contributed by atoms with Gasteiger partial charge in [-0.05, 0) is 49.6 Å². The van der Waals surface area contributed by atoms with Crippen molar-refractivity contribution in [2.45, 2.75) is 34.0 Å². The second-order valence-corrected chi connectivity index (χ2v) is 5.93. The van der Waals surface area contributed by atoms with Crippen LogP contribution in [0.5, 0.6) is 5.75 Å². The molecule has 0 unspecified atom stereocenters. The molecule has 2 aromatic rings. The van der Waals surface area contributed by atoms with Crippen LogP contribution in [-0.4, -0.2) is 6.61 Å². The first kappa shape index (κ1) is 16.1. The van der Waals surface area contributed by atoms with Crippen LogP contribution in [0.25, 0.3) is 0 Å². The highest BCUT2D eigenvalue weighted by atomic mass is 79.9. The smallest absolute Gasteiger partial charge is 0.125 e. The molecule has 0 atom stereocenters. The van der Waals surface area contributed by atoms with E-state index < -0.39 is 0 Å². The number of hydrogen-bond acceptors (Lipinski definition) is 2. The molecule has 3 heteroatoms. The minimum Gasteiger partial charge on any atom is -0.488 e. The Morgan fingerprint density at radius 3 is 2.38 bits per heavy atom. The van der Waals surface area contributed by atoms with Gasteiger partial charge in [0.2, 0.25) is 0 Å². The van der Waals surface area contributed by atoms with Gasteiger partial charge in [-0.25, -0.2) is 0 Å². The average Bonchev–Trinajstić information content (AvgIpc) is 2.47. The summed E-state index contributed by atoms with van der Waals surface area (Å²) in [5.41, 5.74) is 4.63. The number of aryl methyl sites for hydroxylation is 2. The predicted molar refractivity (Wildman–Crippen MR) is 89.7 cm³/mol. The SMILES string of the molecule is CCOCc1ccc(Br)c(COc2c(C)cccc2C)c1. The third-order valence-corrected chi connectivity index (χ3v) is 4.14. The number of halogens is 1. The molecule has 0 amide bonds. The molecule has 0 aliphatic rings. The van der Waals surface area contributed by atoms with Gasteiger partial charge in [0, 0.05) is 16.6 Å². The quantitative estimate of drug-likeness (QED) is 0.715. The highest BCUT2D eigenvalue weighted by molar-refractivity contribution is 9.10. The zero-order valence-corrected chi connectivity index (χ0v) is 14.4. The lowest BCUT2D eigenvalue weighted by atomic mass is 10.1. The summed E-state index contributed by atoms with van der Waals surface area (Å²) in [5, 5.41) is 0. The van der Waals surface area contributed by atoms with Crippen molar-refractivity contribution in [2.75, 3.05) is 6.61 Å². The fourth-order valence-electron chi connectivity index (χ4n) is 2.23. The van der Waals surface area contributed by atoms with Crippen molar-refractivity contribution in [3.05, 3.63) is 63.1 Å². The molecule has 0 heterocycles. The highest BCUT2D eigenvalue weighted by Gasteiger charge is 2.07. The van der Waals surface area contributed by atoms with E-state index in [2.05, 4.69) is 66.2 Å². The number of benzene rings is 2. The Morgan fingerprint density at radius 1 is 1.00 bits per heavy atom. The molecular formula is C18H21BrO2. The van der Waals surface area contributed by atoms with E-state index in [1.807, 2.05) is 6.92 Å². The summed E-state index contributed by atoms with van der Waals surface area (Å²) in [4.78, 5) is 0. The minimum atomic E-state index is 0.548. The van der Waals surface area contributed by atoms with Crippen LogP contribution in [0.15, 0.2) is 40.9 Å². The van der Waals surface area contributed by atoms with Crippen LogP contribution < -0.4 is 4.74 Å². The standard InChI is InChI=1S/C18H21BrO2/c1-4-20-11-15-8-9-17(19)16(10-15)12-21-18-13(2)6-5-7-14(18)3/h5-10H,4,11-12H2,1-3H3. The summed E-state index contributed by atoms with van der Waals surface area (Å²) in [6, 6.07) is 12.5. The van der Waals surface area contributed by atoms with Gasteiger partial charge in [0.15, 0.2) is 0 Å². The van der Waals surface area contributed by atoms with E-state index in [-0.39, 0.29) is 0 Å². The van der Waals surface area contributed by atoms with E-state index in [0.717, 1.165) is 33.5 Å². The predicted octanol–water partition coefficient (Wildman–Crippen LogP) is 5.18. The monoisotopic (exact) mass is 348 g/mol. The van der Waals surface area contributed by atoms with Gasteiger partial charge in [0.05, 0.1) is 6.61 Å². The van der Waals surface area contributed by atoms with Gasteiger partial charge in [0.25, 0.3) is 0 Å². The van der Waals surface area contributed by atoms with E-state index in [9.17, 15) is 0 Å². The Morgan fingerprint density at radius 2 is 1.71 bits per heavy atom. The molecule has 2 rings (SSSR count). The van der Waals surface area contributed by atoms with Crippen molar-refractivity contribution >= 4 is 15.9 Å². The van der Waals surface area contributed by atoms with Gasteiger partial charge < -0.3 is 9.47 Å². The van der Waals surface area contributed by atoms with E-state index in [1.165, 1.54) is 5.56 Å². The molecule has 21 heavy (non-hydrogen) atoms. The first-order valence-corrected chi connectivity index (χ1v) is 7.95. The van der Waals surface area contributed by atoms with Crippen LogP contribution in [0, 0.1) is 13.8 Å². The first-order valence-electron chi connectivity index (χ1n) is 7.16. The topological polar surface area (TPSA) is 18.5 Å². The lowest BCUT2D eigenvalue weighted by Crippen LogP contribution is -2.01. The molecule has 0 spiro atoms. The molecule has 0 aromatic heterocycles. The first-order chi connectivity index (χ1) is 10.1. The summed E-state index contributed by atoms with van der Waals surface area (Å²) in [5.74, 6) is 0.972. The number of para-hydroxylation sites is 1. The van der Waals surface area contributed by atoms with Crippen LogP contribution >= 0.6 is 15.9 Å². The average molecular weight is 349 g/mol. The Bertz CT molecular complexity index is 588. The largest absolute Gasteiger partial charge is 0.488 e. The Hall–Kier alpha value is -1.32. The van der Waals surface area contributed by atoms with Crippen LogP contribution in [0.3, 0.4) is 0 Å². The number of ether oxygens (including phenoxy) is 2. The van der Waals surface area contributed by atoms with Crippen LogP contribution in [0.4, 0.5) is 0 Å². The minimum absolute atomic E-state index is 0.548. The second kappa shape index (κ2) is 7.62. The zero-order valence-electron chi connectivity index (χ0n) is 12.8. The van der Waals surface area contributed by atoms with Crippen LogP contribution in [0.2, 0.25) is 0 Å². The molecule has 2 aromatic carbocycles. The molecule has 0 N–H and O–H groups in total. The van der Waals surface area contributed by atoms with Crippen molar-refractivity contribution in [3.63, 3.8) is 0 Å². The van der Waals surface area contributed by atoms with Crippen molar-refractivity contribution in [3.8, 4) is 5.75 Å². The lowest BCUT2D eigenvalue weighted by molar-refractivity contribution is 0.134. The highest BCUT2D eigenvalue weighted by Crippen LogP contribution is 2.26. The number of rotatable bonds is 6. The van der Waals surface area contributed by atoms with Crippen LogP contribution in [-0.2, 0) is 18.0 Å². The normalized spacial score (nSPS) is 10.7. The van der Waals surface area contributed by atoms with E-state index in [0.29, 0.717) is 13.2 Å². The van der Waals surface area contributed by atoms with Gasteiger partial charge in [-0.15, -0.1) is 0 Å². The third-order valence-electron chi connectivity index (χ3n) is 3.36. The molecule has 112 valence electrons. The summed E-state index contributed by atoms with van der Waals surface area (Å²) >= 11 is 3.59. The Labute approximate surface area is 135 Å². The molecular weight excluding hydrogens is 328 g/mol. The molecule has 0 saturated carbocycles. The maximum Gasteiger partial charge on any atom is 0.125 e. The van der Waals surface area contributed by atoms with Crippen molar-refractivity contribution in [1.82, 2.24) is 0 Å². The van der Waals surface area contributed by atoms with Gasteiger partial charge >= 0.3 is 0 Å². The van der Waals surface area contributed by atoms with E-state index >= 15 is 0 Å². The van der Waals surface area contributed by atoms with Gasteiger partial charge in [-0.3, -0.25) is 0 Å². The van der Waals surface area contributed by atoms with Crippen molar-refractivity contribution in [1.29, 1.82) is 0 Å². The lowest BCUT2D eigenvalue weighted by Gasteiger charge is -2.13. The number of hydrogen-bond donors (Lipinski definition) is 0. The van der Waals surface area contributed by atoms with E-state index in [4.69, 9.17) is 9.47 Å². The summed E-state index contributed by atoms with van der Waals surface area (Å²) in [7, 11) is 0. The van der Waals surface area contributed by atoms with E-state index in [1.54, 1.807) is 0 Å². The fourth-order valence-corrected chi connectivity index (χ4v) is 2.59. The second-order valence-electron chi connectivity index (χ2n) is 5.07. The molecule has 0 saturated heterocycles. The molecule has 0 aliphatic heterocycles. The maximum absolute atomic E-state index is 6.02. The molecule has 2 nitrogen and oxygen atoms in total. The Kier molecular flexibility index (Phi) is 5.83. The van der Waals surface area contributed by atoms with Gasteiger partial charge in [-0.1, -0.05) is 40.2 Å². The molecule has 0 bridgehead atoms. The van der Waals surface area contributed by atoms with Gasteiger partial charge in [-0.2, -0.15) is 0 Å². The van der Waals surface area contributed by atoms with Crippen molar-refractivity contribution < 1.29 is 9.47 Å². The molecule has 0 radical (unpaired) electrons. The Balaban J connectivity index is 2.12. The van der Waals surface area contributed by atoms with Crippen molar-refractivity contribution in [2.24, 2.45) is 0 Å². The summed E-state index contributed by atoms with van der Waals surface area (Å²) in [6.07, 6.45) is 0. The zero-order chi connectivity index (χ0) is 15.2. The summed E-state index contributed by atoms with van der Waals surface area (Å²) < 4.78 is 12.5. The molecule has 0 fully saturated rings.